The van der Waals surface area contributed by atoms with Crippen LogP contribution in [0.15, 0.2) is 24.3 Å². The molecule has 0 atom stereocenters. The minimum atomic E-state index is -0.859. The molecule has 6 heteroatoms. The summed E-state index contributed by atoms with van der Waals surface area (Å²) < 4.78 is 16.4. The summed E-state index contributed by atoms with van der Waals surface area (Å²) in [6.07, 6.45) is 0.610. The first-order chi connectivity index (χ1) is 10.2. The van der Waals surface area contributed by atoms with Crippen LogP contribution in [0, 0.1) is 0 Å². The summed E-state index contributed by atoms with van der Waals surface area (Å²) in [7, 11) is 1.63. The molecule has 0 aliphatic carbocycles. The van der Waals surface area contributed by atoms with E-state index in [0.29, 0.717) is 39.1 Å². The fraction of sp³-hybridized carbons (Fsp3) is 0.533. The average Bonchev–Trinajstić information content (AvgIpc) is 2.48. The molecular weight excluding hydrogens is 274 g/mol. The van der Waals surface area contributed by atoms with Crippen molar-refractivity contribution in [2.45, 2.75) is 18.9 Å². The van der Waals surface area contributed by atoms with Crippen molar-refractivity contribution in [1.82, 2.24) is 4.90 Å². The summed E-state index contributed by atoms with van der Waals surface area (Å²) in [6, 6.07) is 7.48. The molecule has 2 rings (SSSR count). The van der Waals surface area contributed by atoms with Gasteiger partial charge in [-0.15, -0.1) is 0 Å². The van der Waals surface area contributed by atoms with Gasteiger partial charge in [-0.2, -0.15) is 0 Å². The molecule has 6 nitrogen and oxygen atoms in total. The van der Waals surface area contributed by atoms with Crippen LogP contribution >= 0.6 is 0 Å². The van der Waals surface area contributed by atoms with Crippen LogP contribution < -0.4 is 9.47 Å². The molecule has 0 unspecified atom stereocenters. The third kappa shape index (κ3) is 4.82. The van der Waals surface area contributed by atoms with Gasteiger partial charge < -0.3 is 24.2 Å². The van der Waals surface area contributed by atoms with Gasteiger partial charge in [-0.05, 0) is 12.1 Å². The first-order valence-corrected chi connectivity index (χ1v) is 7.05. The highest BCUT2D eigenvalue weighted by Crippen LogP contribution is 2.23. The summed E-state index contributed by atoms with van der Waals surface area (Å²) in [6.45, 7) is 2.07. The molecule has 1 aliphatic heterocycles. The van der Waals surface area contributed by atoms with Crippen LogP contribution in [0.3, 0.4) is 0 Å². The minimum Gasteiger partial charge on any atom is -0.491 e. The Hall–Kier alpha value is -1.95. The fourth-order valence-electron chi connectivity index (χ4n) is 2.24. The lowest BCUT2D eigenvalue weighted by Gasteiger charge is -2.30. The van der Waals surface area contributed by atoms with E-state index in [1.54, 1.807) is 7.11 Å². The number of nitrogens with zero attached hydrogens (tertiary/aromatic N) is 1. The molecule has 0 saturated carbocycles. The third-order valence-corrected chi connectivity index (χ3v) is 3.38. The fourth-order valence-corrected chi connectivity index (χ4v) is 2.24. The Bertz CT molecular complexity index is 457. The maximum Gasteiger partial charge on any atom is 0.407 e. The smallest absolute Gasteiger partial charge is 0.407 e. The summed E-state index contributed by atoms with van der Waals surface area (Å²) in [5.41, 5.74) is 0. The number of carboxylic acid groups (broad SMARTS) is 1. The number of ether oxygens (including phenoxy) is 3. The minimum absolute atomic E-state index is 0.0508. The molecule has 0 bridgehead atoms. The second kappa shape index (κ2) is 7.73. The van der Waals surface area contributed by atoms with E-state index in [1.807, 2.05) is 24.3 Å². The number of methoxy groups -OCH3 is 1. The van der Waals surface area contributed by atoms with Crippen LogP contribution in [0.1, 0.15) is 12.8 Å². The van der Waals surface area contributed by atoms with Gasteiger partial charge in [0.25, 0.3) is 0 Å². The number of rotatable bonds is 6. The van der Waals surface area contributed by atoms with Crippen molar-refractivity contribution in [3.63, 3.8) is 0 Å². The zero-order chi connectivity index (χ0) is 15.1. The van der Waals surface area contributed by atoms with Gasteiger partial charge >= 0.3 is 6.09 Å². The quantitative estimate of drug-likeness (QED) is 0.815. The van der Waals surface area contributed by atoms with E-state index in [4.69, 9.17) is 19.3 Å². The Labute approximate surface area is 124 Å². The monoisotopic (exact) mass is 295 g/mol. The van der Waals surface area contributed by atoms with Crippen molar-refractivity contribution in [2.75, 3.05) is 33.4 Å². The Balaban J connectivity index is 1.83. The number of carbonyl (C=O) groups is 1. The number of benzene rings is 1. The molecular formula is C15H21NO5. The molecule has 1 aromatic carbocycles. The van der Waals surface area contributed by atoms with E-state index in [-0.39, 0.29) is 6.10 Å². The van der Waals surface area contributed by atoms with Gasteiger partial charge in [0.15, 0.2) is 0 Å². The van der Waals surface area contributed by atoms with E-state index >= 15 is 0 Å². The zero-order valence-corrected chi connectivity index (χ0v) is 12.2. The Morgan fingerprint density at radius 3 is 2.67 bits per heavy atom. The lowest BCUT2D eigenvalue weighted by Crippen LogP contribution is -2.41. The standard InChI is InChI=1S/C15H21NO5/c1-19-9-10-20-13-3-2-4-14(11-13)21-12-5-7-16(8-6-12)15(17)18/h2-4,11-12H,5-10H2,1H3,(H,17,18). The van der Waals surface area contributed by atoms with Crippen LogP contribution in [-0.2, 0) is 4.74 Å². The number of amides is 1. The molecule has 21 heavy (non-hydrogen) atoms. The number of likely N-dealkylation sites (tertiary alicyclic amines) is 1. The van der Waals surface area contributed by atoms with Crippen LogP contribution in [-0.4, -0.2) is 55.6 Å². The molecule has 1 amide bonds. The van der Waals surface area contributed by atoms with Crippen molar-refractivity contribution in [3.05, 3.63) is 24.3 Å². The molecule has 1 fully saturated rings. The number of piperidine rings is 1. The molecule has 0 spiro atoms. The first kappa shape index (κ1) is 15.4. The summed E-state index contributed by atoms with van der Waals surface area (Å²) in [4.78, 5) is 12.3. The van der Waals surface area contributed by atoms with Crippen molar-refractivity contribution < 1.29 is 24.1 Å². The van der Waals surface area contributed by atoms with Gasteiger partial charge in [0.1, 0.15) is 24.2 Å². The van der Waals surface area contributed by atoms with Crippen molar-refractivity contribution in [1.29, 1.82) is 0 Å². The number of hydrogen-bond acceptors (Lipinski definition) is 4. The summed E-state index contributed by atoms with van der Waals surface area (Å²) in [5, 5.41) is 8.91. The molecule has 116 valence electrons. The van der Waals surface area contributed by atoms with E-state index in [2.05, 4.69) is 0 Å². The van der Waals surface area contributed by atoms with Crippen LogP contribution in [0.25, 0.3) is 0 Å². The van der Waals surface area contributed by atoms with E-state index in [0.717, 1.165) is 11.5 Å². The number of hydrogen-bond donors (Lipinski definition) is 1. The molecule has 0 aromatic heterocycles. The Morgan fingerprint density at radius 2 is 2.00 bits per heavy atom. The molecule has 1 aromatic rings. The van der Waals surface area contributed by atoms with Gasteiger partial charge in [0.05, 0.1) is 6.61 Å². The van der Waals surface area contributed by atoms with E-state index in [9.17, 15) is 4.79 Å². The molecule has 0 radical (unpaired) electrons. The summed E-state index contributed by atoms with van der Waals surface area (Å²) >= 11 is 0. The molecule has 1 N–H and O–H groups in total. The Kier molecular flexibility index (Phi) is 5.68. The largest absolute Gasteiger partial charge is 0.491 e. The second-order valence-corrected chi connectivity index (χ2v) is 4.90. The first-order valence-electron chi connectivity index (χ1n) is 7.05. The SMILES string of the molecule is COCCOc1cccc(OC2CCN(C(=O)O)CC2)c1. The highest BCUT2D eigenvalue weighted by Gasteiger charge is 2.23. The third-order valence-electron chi connectivity index (χ3n) is 3.38. The summed E-state index contributed by atoms with van der Waals surface area (Å²) in [5.74, 6) is 1.49. The average molecular weight is 295 g/mol. The van der Waals surface area contributed by atoms with E-state index < -0.39 is 6.09 Å². The highest BCUT2D eigenvalue weighted by molar-refractivity contribution is 5.65. The maximum atomic E-state index is 10.8. The molecule has 1 heterocycles. The van der Waals surface area contributed by atoms with Crippen LogP contribution in [0.4, 0.5) is 4.79 Å². The van der Waals surface area contributed by atoms with Crippen LogP contribution in [0.5, 0.6) is 11.5 Å². The van der Waals surface area contributed by atoms with Gasteiger partial charge in [-0.25, -0.2) is 4.79 Å². The predicted octanol–water partition coefficient (Wildman–Crippen LogP) is 2.23. The predicted molar refractivity (Wildman–Crippen MR) is 77.1 cm³/mol. The van der Waals surface area contributed by atoms with Crippen molar-refractivity contribution in [3.8, 4) is 11.5 Å². The highest BCUT2D eigenvalue weighted by atomic mass is 16.5. The maximum absolute atomic E-state index is 10.8. The van der Waals surface area contributed by atoms with Crippen LogP contribution in [0.2, 0.25) is 0 Å². The van der Waals surface area contributed by atoms with Gasteiger partial charge in [-0.3, -0.25) is 0 Å². The second-order valence-electron chi connectivity index (χ2n) is 4.90. The lowest BCUT2D eigenvalue weighted by molar-refractivity contribution is 0.0892. The van der Waals surface area contributed by atoms with Gasteiger partial charge in [0, 0.05) is 39.1 Å². The molecule has 1 saturated heterocycles. The molecule has 1 aliphatic rings. The van der Waals surface area contributed by atoms with Crippen molar-refractivity contribution in [2.24, 2.45) is 0 Å². The van der Waals surface area contributed by atoms with Gasteiger partial charge in [-0.1, -0.05) is 6.07 Å². The Morgan fingerprint density at radius 1 is 1.29 bits per heavy atom. The van der Waals surface area contributed by atoms with E-state index in [1.165, 1.54) is 4.90 Å². The normalized spacial score (nSPS) is 15.8. The lowest BCUT2D eigenvalue weighted by atomic mass is 10.1. The topological polar surface area (TPSA) is 68.2 Å². The zero-order valence-electron chi connectivity index (χ0n) is 12.2. The van der Waals surface area contributed by atoms with Crippen molar-refractivity contribution >= 4 is 6.09 Å². The van der Waals surface area contributed by atoms with Gasteiger partial charge in [0.2, 0.25) is 0 Å².